The van der Waals surface area contributed by atoms with Gasteiger partial charge in [-0.1, -0.05) is 6.07 Å². The number of ether oxygens (including phenoxy) is 1. The van der Waals surface area contributed by atoms with Crippen molar-refractivity contribution in [2.75, 3.05) is 19.6 Å². The minimum Gasteiger partial charge on any atom is -0.367 e. The lowest BCUT2D eigenvalue weighted by Crippen LogP contribution is -2.58. The van der Waals surface area contributed by atoms with Crippen molar-refractivity contribution < 1.29 is 4.74 Å². The summed E-state index contributed by atoms with van der Waals surface area (Å²) < 4.78 is 6.08. The van der Waals surface area contributed by atoms with Crippen molar-refractivity contribution in [3.63, 3.8) is 0 Å². The summed E-state index contributed by atoms with van der Waals surface area (Å²) in [5.74, 6) is 0. The van der Waals surface area contributed by atoms with E-state index in [2.05, 4.69) is 50.1 Å². The SMILES string of the molecule is CC1(C)CN(CC(N)c2cccs2)CC(C)(C)O1. The van der Waals surface area contributed by atoms with Gasteiger partial charge in [-0.2, -0.15) is 0 Å². The minimum absolute atomic E-state index is 0.100. The Labute approximate surface area is 114 Å². The first-order chi connectivity index (χ1) is 8.27. The van der Waals surface area contributed by atoms with Crippen LogP contribution in [-0.4, -0.2) is 35.7 Å². The summed E-state index contributed by atoms with van der Waals surface area (Å²) in [6.45, 7) is 11.4. The van der Waals surface area contributed by atoms with Crippen LogP contribution >= 0.6 is 11.3 Å². The molecule has 0 spiro atoms. The fourth-order valence-electron chi connectivity index (χ4n) is 2.94. The highest BCUT2D eigenvalue weighted by atomic mass is 32.1. The molecule has 4 heteroatoms. The maximum Gasteiger partial charge on any atom is 0.0760 e. The van der Waals surface area contributed by atoms with E-state index in [0.29, 0.717) is 0 Å². The van der Waals surface area contributed by atoms with Gasteiger partial charge in [0.05, 0.1) is 17.2 Å². The molecule has 2 heterocycles. The van der Waals surface area contributed by atoms with Gasteiger partial charge in [-0.05, 0) is 39.1 Å². The van der Waals surface area contributed by atoms with E-state index in [-0.39, 0.29) is 17.2 Å². The minimum atomic E-state index is -0.100. The third kappa shape index (κ3) is 3.54. The zero-order valence-electron chi connectivity index (χ0n) is 11.8. The summed E-state index contributed by atoms with van der Waals surface area (Å²) >= 11 is 1.74. The van der Waals surface area contributed by atoms with Crippen LogP contribution in [0.5, 0.6) is 0 Å². The van der Waals surface area contributed by atoms with Gasteiger partial charge in [0.15, 0.2) is 0 Å². The molecule has 0 radical (unpaired) electrons. The monoisotopic (exact) mass is 268 g/mol. The Morgan fingerprint density at radius 1 is 1.33 bits per heavy atom. The first kappa shape index (κ1) is 14.0. The number of morpholine rings is 1. The molecule has 1 aliphatic rings. The first-order valence-electron chi connectivity index (χ1n) is 6.49. The van der Waals surface area contributed by atoms with Gasteiger partial charge in [0.25, 0.3) is 0 Å². The number of nitrogens with zero attached hydrogens (tertiary/aromatic N) is 1. The van der Waals surface area contributed by atoms with Crippen LogP contribution < -0.4 is 5.73 Å². The van der Waals surface area contributed by atoms with Gasteiger partial charge in [0, 0.05) is 24.5 Å². The first-order valence-corrected chi connectivity index (χ1v) is 7.37. The normalized spacial score (nSPS) is 24.9. The van der Waals surface area contributed by atoms with Crippen LogP contribution in [0.1, 0.15) is 38.6 Å². The van der Waals surface area contributed by atoms with Gasteiger partial charge in [0.2, 0.25) is 0 Å². The van der Waals surface area contributed by atoms with Crippen molar-refractivity contribution in [1.82, 2.24) is 4.90 Å². The summed E-state index contributed by atoms with van der Waals surface area (Å²) in [5, 5.41) is 2.09. The van der Waals surface area contributed by atoms with E-state index in [1.165, 1.54) is 4.88 Å². The lowest BCUT2D eigenvalue weighted by atomic mass is 9.98. The molecule has 102 valence electrons. The summed E-state index contributed by atoms with van der Waals surface area (Å²) in [6, 6.07) is 4.29. The molecule has 0 amide bonds. The third-order valence-electron chi connectivity index (χ3n) is 3.12. The molecule has 1 aliphatic heterocycles. The van der Waals surface area contributed by atoms with E-state index in [9.17, 15) is 0 Å². The van der Waals surface area contributed by atoms with E-state index in [1.54, 1.807) is 11.3 Å². The van der Waals surface area contributed by atoms with Gasteiger partial charge >= 0.3 is 0 Å². The fraction of sp³-hybridized carbons (Fsp3) is 0.714. The molecule has 1 fully saturated rings. The van der Waals surface area contributed by atoms with E-state index >= 15 is 0 Å². The zero-order valence-corrected chi connectivity index (χ0v) is 12.6. The summed E-state index contributed by atoms with van der Waals surface area (Å²) in [6.07, 6.45) is 0. The highest BCUT2D eigenvalue weighted by Gasteiger charge is 2.38. The highest BCUT2D eigenvalue weighted by molar-refractivity contribution is 7.10. The largest absolute Gasteiger partial charge is 0.367 e. The lowest BCUT2D eigenvalue weighted by Gasteiger charge is -2.47. The standard InChI is InChI=1S/C14H24N2OS/c1-13(2)9-16(10-14(3,4)17-13)8-11(15)12-6-5-7-18-12/h5-7,11H,8-10,15H2,1-4H3. The quantitative estimate of drug-likeness (QED) is 0.916. The number of nitrogens with two attached hydrogens (primary N) is 1. The van der Waals surface area contributed by atoms with Crippen LogP contribution in [0.2, 0.25) is 0 Å². The molecule has 0 aliphatic carbocycles. The van der Waals surface area contributed by atoms with Crippen LogP contribution in [0.3, 0.4) is 0 Å². The van der Waals surface area contributed by atoms with E-state index in [1.807, 2.05) is 0 Å². The van der Waals surface area contributed by atoms with Gasteiger partial charge in [-0.15, -0.1) is 11.3 Å². The Hall–Kier alpha value is -0.420. The second-order valence-corrected chi connectivity index (χ2v) is 7.39. The predicted octanol–water partition coefficient (Wildman–Crippen LogP) is 2.64. The lowest BCUT2D eigenvalue weighted by molar-refractivity contribution is -0.180. The molecule has 1 aromatic rings. The van der Waals surface area contributed by atoms with Crippen molar-refractivity contribution in [3.05, 3.63) is 22.4 Å². The molecule has 0 aromatic carbocycles. The molecule has 3 nitrogen and oxygen atoms in total. The van der Waals surface area contributed by atoms with Gasteiger partial charge in [-0.3, -0.25) is 4.90 Å². The third-order valence-corrected chi connectivity index (χ3v) is 4.13. The van der Waals surface area contributed by atoms with E-state index in [4.69, 9.17) is 10.5 Å². The van der Waals surface area contributed by atoms with Gasteiger partial charge < -0.3 is 10.5 Å². The van der Waals surface area contributed by atoms with Crippen molar-refractivity contribution >= 4 is 11.3 Å². The molecule has 1 unspecified atom stereocenters. The van der Waals surface area contributed by atoms with Crippen LogP contribution in [0, 0.1) is 0 Å². The van der Waals surface area contributed by atoms with Gasteiger partial charge in [0.1, 0.15) is 0 Å². The molecule has 0 saturated carbocycles. The predicted molar refractivity (Wildman–Crippen MR) is 76.9 cm³/mol. The molecule has 18 heavy (non-hydrogen) atoms. The van der Waals surface area contributed by atoms with Crippen molar-refractivity contribution in [2.45, 2.75) is 44.9 Å². The number of thiophene rings is 1. The van der Waals surface area contributed by atoms with Crippen molar-refractivity contribution in [1.29, 1.82) is 0 Å². The Kier molecular flexibility index (Phi) is 3.83. The summed E-state index contributed by atoms with van der Waals surface area (Å²) in [7, 11) is 0. The van der Waals surface area contributed by atoms with Crippen molar-refractivity contribution in [3.8, 4) is 0 Å². The molecule has 1 saturated heterocycles. The fourth-order valence-corrected chi connectivity index (χ4v) is 3.67. The molecule has 1 atom stereocenters. The van der Waals surface area contributed by atoms with Crippen LogP contribution in [0.4, 0.5) is 0 Å². The Bertz CT molecular complexity index is 371. The van der Waals surface area contributed by atoms with E-state index < -0.39 is 0 Å². The zero-order chi connectivity index (χ0) is 13.4. The number of hydrogen-bond donors (Lipinski definition) is 1. The topological polar surface area (TPSA) is 38.5 Å². The second-order valence-electron chi connectivity index (χ2n) is 6.41. The highest BCUT2D eigenvalue weighted by Crippen LogP contribution is 2.29. The van der Waals surface area contributed by atoms with Crippen molar-refractivity contribution in [2.24, 2.45) is 5.73 Å². The van der Waals surface area contributed by atoms with Gasteiger partial charge in [-0.25, -0.2) is 0 Å². The Morgan fingerprint density at radius 3 is 2.44 bits per heavy atom. The van der Waals surface area contributed by atoms with Crippen LogP contribution in [0.25, 0.3) is 0 Å². The second kappa shape index (κ2) is 4.93. The van der Waals surface area contributed by atoms with E-state index in [0.717, 1.165) is 19.6 Å². The molecular formula is C14H24N2OS. The molecule has 2 N–H and O–H groups in total. The summed E-state index contributed by atoms with van der Waals surface area (Å²) in [4.78, 5) is 3.69. The summed E-state index contributed by atoms with van der Waals surface area (Å²) in [5.41, 5.74) is 6.07. The molecule has 1 aromatic heterocycles. The molecule has 2 rings (SSSR count). The Morgan fingerprint density at radius 2 is 1.94 bits per heavy atom. The average molecular weight is 268 g/mol. The van der Waals surface area contributed by atoms with Crippen LogP contribution in [0.15, 0.2) is 17.5 Å². The maximum absolute atomic E-state index is 6.28. The van der Waals surface area contributed by atoms with Crippen LogP contribution in [-0.2, 0) is 4.74 Å². The number of hydrogen-bond acceptors (Lipinski definition) is 4. The smallest absolute Gasteiger partial charge is 0.0760 e. The molecule has 0 bridgehead atoms. The average Bonchev–Trinajstić information content (AvgIpc) is 2.63. The molecular weight excluding hydrogens is 244 g/mol. The number of rotatable bonds is 3. The Balaban J connectivity index is 2.01. The maximum atomic E-state index is 6.28.